The van der Waals surface area contributed by atoms with Crippen LogP contribution in [0.15, 0.2) is 22.6 Å². The molecular formula is C12H12N2O3. The van der Waals surface area contributed by atoms with Gasteiger partial charge in [0.15, 0.2) is 17.3 Å². The lowest BCUT2D eigenvalue weighted by Gasteiger charge is -2.00. The zero-order valence-electron chi connectivity index (χ0n) is 9.40. The SMILES string of the molecule is Cc1nc(CN)oc1-c1ccc2c(c1)OCO2. The van der Waals surface area contributed by atoms with E-state index in [0.717, 1.165) is 28.5 Å². The van der Waals surface area contributed by atoms with Crippen LogP contribution in [0.25, 0.3) is 11.3 Å². The second-order valence-corrected chi connectivity index (χ2v) is 3.79. The number of hydrogen-bond acceptors (Lipinski definition) is 5. The van der Waals surface area contributed by atoms with Crippen molar-refractivity contribution in [2.75, 3.05) is 6.79 Å². The van der Waals surface area contributed by atoms with E-state index >= 15 is 0 Å². The van der Waals surface area contributed by atoms with Crippen molar-refractivity contribution >= 4 is 0 Å². The third kappa shape index (κ3) is 1.64. The summed E-state index contributed by atoms with van der Waals surface area (Å²) in [4.78, 5) is 4.24. The fourth-order valence-electron chi connectivity index (χ4n) is 1.85. The van der Waals surface area contributed by atoms with Gasteiger partial charge in [-0.1, -0.05) is 0 Å². The highest BCUT2D eigenvalue weighted by Crippen LogP contribution is 2.36. The maximum Gasteiger partial charge on any atom is 0.231 e. The van der Waals surface area contributed by atoms with Crippen LogP contribution in [-0.4, -0.2) is 11.8 Å². The first-order valence-corrected chi connectivity index (χ1v) is 5.34. The molecule has 0 unspecified atom stereocenters. The second-order valence-electron chi connectivity index (χ2n) is 3.79. The van der Waals surface area contributed by atoms with Crippen molar-refractivity contribution in [3.63, 3.8) is 0 Å². The largest absolute Gasteiger partial charge is 0.454 e. The van der Waals surface area contributed by atoms with Crippen molar-refractivity contribution < 1.29 is 13.9 Å². The maximum atomic E-state index is 5.58. The normalized spacial score (nSPS) is 13.1. The van der Waals surface area contributed by atoms with Crippen LogP contribution in [0.4, 0.5) is 0 Å². The predicted molar refractivity (Wildman–Crippen MR) is 60.7 cm³/mol. The van der Waals surface area contributed by atoms with Crippen LogP contribution in [0.5, 0.6) is 11.5 Å². The quantitative estimate of drug-likeness (QED) is 0.855. The molecule has 2 aromatic rings. The van der Waals surface area contributed by atoms with Crippen LogP contribution >= 0.6 is 0 Å². The van der Waals surface area contributed by atoms with E-state index in [1.165, 1.54) is 0 Å². The Hall–Kier alpha value is -2.01. The van der Waals surface area contributed by atoms with Crippen LogP contribution in [0.2, 0.25) is 0 Å². The van der Waals surface area contributed by atoms with E-state index in [0.29, 0.717) is 12.4 Å². The highest BCUT2D eigenvalue weighted by Gasteiger charge is 2.17. The number of aromatic nitrogens is 1. The Morgan fingerprint density at radius 3 is 2.88 bits per heavy atom. The maximum absolute atomic E-state index is 5.58. The topological polar surface area (TPSA) is 70.5 Å². The molecule has 2 N–H and O–H groups in total. The fraction of sp³-hybridized carbons (Fsp3) is 0.250. The molecule has 0 atom stereocenters. The molecule has 0 aliphatic carbocycles. The van der Waals surface area contributed by atoms with Gasteiger partial charge in [0.1, 0.15) is 0 Å². The van der Waals surface area contributed by atoms with Gasteiger partial charge in [-0.25, -0.2) is 4.98 Å². The number of nitrogens with zero attached hydrogens (tertiary/aromatic N) is 1. The number of rotatable bonds is 2. The summed E-state index contributed by atoms with van der Waals surface area (Å²) in [6.45, 7) is 2.45. The molecule has 0 radical (unpaired) electrons. The lowest BCUT2D eigenvalue weighted by Crippen LogP contribution is -1.95. The number of benzene rings is 1. The Balaban J connectivity index is 2.06. The van der Waals surface area contributed by atoms with Gasteiger partial charge < -0.3 is 19.6 Å². The van der Waals surface area contributed by atoms with Gasteiger partial charge in [-0.2, -0.15) is 0 Å². The van der Waals surface area contributed by atoms with Gasteiger partial charge in [-0.15, -0.1) is 0 Å². The first-order chi connectivity index (χ1) is 8.28. The molecule has 1 aromatic carbocycles. The summed E-state index contributed by atoms with van der Waals surface area (Å²) in [6.07, 6.45) is 0. The molecule has 2 heterocycles. The molecule has 1 aliphatic heterocycles. The summed E-state index contributed by atoms with van der Waals surface area (Å²) in [7, 11) is 0. The van der Waals surface area contributed by atoms with E-state index in [2.05, 4.69) is 4.98 Å². The molecule has 0 amide bonds. The van der Waals surface area contributed by atoms with E-state index in [9.17, 15) is 0 Å². The Morgan fingerprint density at radius 2 is 2.12 bits per heavy atom. The van der Waals surface area contributed by atoms with Gasteiger partial charge >= 0.3 is 0 Å². The molecule has 5 heteroatoms. The molecular weight excluding hydrogens is 220 g/mol. The summed E-state index contributed by atoms with van der Waals surface area (Å²) < 4.78 is 16.2. The summed E-state index contributed by atoms with van der Waals surface area (Å²) in [5, 5.41) is 0. The van der Waals surface area contributed by atoms with Crippen LogP contribution in [0.1, 0.15) is 11.6 Å². The van der Waals surface area contributed by atoms with Crippen molar-refractivity contribution in [3.05, 3.63) is 29.8 Å². The molecule has 0 fully saturated rings. The third-order valence-corrected chi connectivity index (χ3v) is 2.65. The van der Waals surface area contributed by atoms with Gasteiger partial charge in [0.25, 0.3) is 0 Å². The lowest BCUT2D eigenvalue weighted by atomic mass is 10.1. The average Bonchev–Trinajstić information content (AvgIpc) is 2.93. The number of aryl methyl sites for hydroxylation is 1. The van der Waals surface area contributed by atoms with Crippen LogP contribution in [-0.2, 0) is 6.54 Å². The van der Waals surface area contributed by atoms with E-state index in [1.807, 2.05) is 25.1 Å². The Bertz CT molecular complexity index is 563. The van der Waals surface area contributed by atoms with Crippen LogP contribution < -0.4 is 15.2 Å². The predicted octanol–water partition coefficient (Wildman–Crippen LogP) is 1.84. The summed E-state index contributed by atoms with van der Waals surface area (Å²) >= 11 is 0. The summed E-state index contributed by atoms with van der Waals surface area (Å²) in [5.41, 5.74) is 7.24. The molecule has 17 heavy (non-hydrogen) atoms. The van der Waals surface area contributed by atoms with Crippen molar-refractivity contribution in [2.24, 2.45) is 5.73 Å². The first kappa shape index (κ1) is 10.2. The number of ether oxygens (including phenoxy) is 2. The number of hydrogen-bond donors (Lipinski definition) is 1. The van der Waals surface area contributed by atoms with E-state index in [1.54, 1.807) is 0 Å². The average molecular weight is 232 g/mol. The zero-order valence-corrected chi connectivity index (χ0v) is 9.40. The van der Waals surface area contributed by atoms with Gasteiger partial charge in [0.05, 0.1) is 12.2 Å². The minimum absolute atomic E-state index is 0.266. The molecule has 0 saturated carbocycles. The van der Waals surface area contributed by atoms with E-state index in [-0.39, 0.29) is 6.79 Å². The Kier molecular flexibility index (Phi) is 2.26. The standard InChI is InChI=1S/C12H12N2O3/c1-7-12(17-11(5-13)14-7)8-2-3-9-10(4-8)16-6-15-9/h2-4H,5-6,13H2,1H3. The van der Waals surface area contributed by atoms with Gasteiger partial charge in [0.2, 0.25) is 12.7 Å². The minimum atomic E-state index is 0.266. The first-order valence-electron chi connectivity index (χ1n) is 5.34. The molecule has 5 nitrogen and oxygen atoms in total. The highest BCUT2D eigenvalue weighted by atomic mass is 16.7. The van der Waals surface area contributed by atoms with Crippen molar-refractivity contribution in [3.8, 4) is 22.8 Å². The van der Waals surface area contributed by atoms with E-state index < -0.39 is 0 Å². The lowest BCUT2D eigenvalue weighted by molar-refractivity contribution is 0.174. The molecule has 0 saturated heterocycles. The smallest absolute Gasteiger partial charge is 0.231 e. The minimum Gasteiger partial charge on any atom is -0.454 e. The van der Waals surface area contributed by atoms with Crippen molar-refractivity contribution in [2.45, 2.75) is 13.5 Å². The summed E-state index contributed by atoms with van der Waals surface area (Å²) in [6, 6.07) is 5.67. The summed E-state index contributed by atoms with van der Waals surface area (Å²) in [5.74, 6) is 2.75. The van der Waals surface area contributed by atoms with Crippen molar-refractivity contribution in [1.29, 1.82) is 0 Å². The number of fused-ring (bicyclic) bond motifs is 1. The van der Waals surface area contributed by atoms with Crippen LogP contribution in [0.3, 0.4) is 0 Å². The molecule has 88 valence electrons. The van der Waals surface area contributed by atoms with Gasteiger partial charge in [0, 0.05) is 5.56 Å². The number of nitrogens with two attached hydrogens (primary N) is 1. The molecule has 3 rings (SSSR count). The Labute approximate surface area is 98.2 Å². The van der Waals surface area contributed by atoms with Gasteiger partial charge in [-0.3, -0.25) is 0 Å². The van der Waals surface area contributed by atoms with Gasteiger partial charge in [-0.05, 0) is 25.1 Å². The molecule has 0 spiro atoms. The Morgan fingerprint density at radius 1 is 1.29 bits per heavy atom. The number of oxazole rings is 1. The molecule has 1 aliphatic rings. The van der Waals surface area contributed by atoms with Crippen molar-refractivity contribution in [1.82, 2.24) is 4.98 Å². The molecule has 1 aromatic heterocycles. The van der Waals surface area contributed by atoms with E-state index in [4.69, 9.17) is 19.6 Å². The van der Waals surface area contributed by atoms with Crippen LogP contribution in [0, 0.1) is 6.92 Å². The second kappa shape index (κ2) is 3.78. The third-order valence-electron chi connectivity index (χ3n) is 2.65. The zero-order chi connectivity index (χ0) is 11.8. The highest BCUT2D eigenvalue weighted by molar-refractivity contribution is 5.64. The monoisotopic (exact) mass is 232 g/mol. The molecule has 0 bridgehead atoms. The fourth-order valence-corrected chi connectivity index (χ4v) is 1.85.